The number of benzene rings is 1. The van der Waals surface area contributed by atoms with Crippen molar-refractivity contribution in [2.24, 2.45) is 5.41 Å². The molecule has 37 heavy (non-hydrogen) atoms. The van der Waals surface area contributed by atoms with Crippen LogP contribution in [0.2, 0.25) is 0 Å². The zero-order valence-electron chi connectivity index (χ0n) is 20.6. The van der Waals surface area contributed by atoms with E-state index >= 15 is 0 Å². The molecule has 2 saturated heterocycles. The monoisotopic (exact) mass is 518 g/mol. The van der Waals surface area contributed by atoms with Crippen molar-refractivity contribution in [3.05, 3.63) is 52.3 Å². The Morgan fingerprint density at radius 2 is 1.92 bits per heavy atom. The molecule has 2 aliphatic heterocycles. The summed E-state index contributed by atoms with van der Waals surface area (Å²) in [5, 5.41) is 15.5. The summed E-state index contributed by atoms with van der Waals surface area (Å²) in [6.07, 6.45) is 8.19. The zero-order valence-corrected chi connectivity index (χ0v) is 21.4. The number of nitrogens with one attached hydrogen (secondary N) is 2. The third-order valence-corrected chi connectivity index (χ3v) is 8.78. The predicted octanol–water partition coefficient (Wildman–Crippen LogP) is 3.54. The van der Waals surface area contributed by atoms with Crippen molar-refractivity contribution < 1.29 is 14.4 Å². The molecule has 1 aromatic carbocycles. The number of rotatable bonds is 7. The van der Waals surface area contributed by atoms with Crippen LogP contribution >= 0.6 is 11.3 Å². The molecule has 0 bridgehead atoms. The molecule has 2 aromatic heterocycles. The minimum absolute atomic E-state index is 0.0703. The number of nitrogens with zero attached hydrogens (tertiary/aromatic N) is 4. The smallest absolute Gasteiger partial charge is 0.251 e. The number of hydrogen-bond acceptors (Lipinski definition) is 7. The molecule has 3 fully saturated rings. The second-order valence-electron chi connectivity index (χ2n) is 10.6. The number of carbonyl (C=O) groups excluding carboxylic acids is 3. The summed E-state index contributed by atoms with van der Waals surface area (Å²) in [6, 6.07) is 9.55. The molecule has 1 aliphatic carbocycles. The van der Waals surface area contributed by atoms with Gasteiger partial charge in [0.2, 0.25) is 11.8 Å². The van der Waals surface area contributed by atoms with Gasteiger partial charge in [-0.3, -0.25) is 24.6 Å². The number of carbonyl (C=O) groups is 3. The molecule has 3 amide bonds. The molecular formula is C27H30N6O3S. The van der Waals surface area contributed by atoms with Gasteiger partial charge < -0.3 is 5.32 Å². The summed E-state index contributed by atoms with van der Waals surface area (Å²) in [5.41, 5.74) is 4.25. The molecule has 6 rings (SSSR count). The Bertz CT molecular complexity index is 1320. The maximum atomic E-state index is 12.7. The molecule has 3 aliphatic rings. The first-order chi connectivity index (χ1) is 17.9. The van der Waals surface area contributed by atoms with Crippen LogP contribution in [-0.2, 0) is 27.3 Å². The number of amides is 3. The van der Waals surface area contributed by atoms with E-state index in [0.717, 1.165) is 22.7 Å². The highest BCUT2D eigenvalue weighted by atomic mass is 32.1. The fourth-order valence-corrected chi connectivity index (χ4v) is 6.16. The molecule has 2 N–H and O–H groups in total. The van der Waals surface area contributed by atoms with E-state index in [4.69, 9.17) is 0 Å². The van der Waals surface area contributed by atoms with Crippen LogP contribution < -0.4 is 10.6 Å². The van der Waals surface area contributed by atoms with Crippen molar-refractivity contribution >= 4 is 34.7 Å². The van der Waals surface area contributed by atoms with E-state index in [2.05, 4.69) is 38.0 Å². The second kappa shape index (κ2) is 9.83. The average Bonchev–Trinajstić information content (AvgIpc) is 3.25. The highest BCUT2D eigenvalue weighted by molar-refractivity contribution is 7.10. The van der Waals surface area contributed by atoms with Crippen LogP contribution in [-0.4, -0.2) is 50.7 Å². The molecular weight excluding hydrogens is 488 g/mol. The van der Waals surface area contributed by atoms with Crippen molar-refractivity contribution in [1.82, 2.24) is 25.2 Å². The number of piperidine rings is 2. The van der Waals surface area contributed by atoms with Gasteiger partial charge in [0.15, 0.2) is 0 Å². The summed E-state index contributed by atoms with van der Waals surface area (Å²) < 4.78 is 1.50. The minimum atomic E-state index is -0.538. The van der Waals surface area contributed by atoms with Gasteiger partial charge in [-0.15, -0.1) is 16.4 Å². The molecule has 1 spiro atoms. The first-order valence-electron chi connectivity index (χ1n) is 12.9. The third-order valence-electron chi connectivity index (χ3n) is 7.84. The van der Waals surface area contributed by atoms with Gasteiger partial charge in [-0.1, -0.05) is 17.3 Å². The molecule has 1 atom stereocenters. The fourth-order valence-electron chi connectivity index (χ4n) is 5.28. The Kier molecular flexibility index (Phi) is 6.37. The standard InChI is InChI=1S/C27H30N6O3S/c34-24-6-5-23(26(36)29-24)33-16-22(30-31-33)19-13-21(37-17-19)14-25(35)28-20-3-1-18(2-4-20)15-32-11-9-27(7-8-27)10-12-32/h1-4,13,16-17,23H,5-12,14-15H2,(H,28,35)(H,29,34,36). The first-order valence-corrected chi connectivity index (χ1v) is 13.8. The number of aromatic nitrogens is 3. The van der Waals surface area contributed by atoms with Crippen molar-refractivity contribution in [3.63, 3.8) is 0 Å². The van der Waals surface area contributed by atoms with Gasteiger partial charge >= 0.3 is 0 Å². The Morgan fingerprint density at radius 3 is 2.65 bits per heavy atom. The minimum Gasteiger partial charge on any atom is -0.326 e. The van der Waals surface area contributed by atoms with Crippen LogP contribution in [0.15, 0.2) is 41.9 Å². The Balaban J connectivity index is 1.01. The molecule has 1 unspecified atom stereocenters. The van der Waals surface area contributed by atoms with Crippen LogP contribution in [0, 0.1) is 5.41 Å². The SMILES string of the molecule is O=C1CCC(n2cc(-c3csc(CC(=O)Nc4ccc(CN5CCC6(CC5)CC6)cc4)c3)nn2)C(=O)N1. The fraction of sp³-hybridized carbons (Fsp3) is 0.444. The van der Waals surface area contributed by atoms with Crippen molar-refractivity contribution in [2.75, 3.05) is 18.4 Å². The zero-order chi connectivity index (χ0) is 25.4. The maximum absolute atomic E-state index is 12.7. The van der Waals surface area contributed by atoms with Crippen molar-refractivity contribution in [3.8, 4) is 11.3 Å². The highest BCUT2D eigenvalue weighted by Crippen LogP contribution is 2.53. The molecule has 10 heteroatoms. The van der Waals surface area contributed by atoms with Crippen LogP contribution in [0.4, 0.5) is 5.69 Å². The lowest BCUT2D eigenvalue weighted by molar-refractivity contribution is -0.136. The Labute approximate surface area is 219 Å². The molecule has 4 heterocycles. The van der Waals surface area contributed by atoms with Crippen molar-refractivity contribution in [1.29, 1.82) is 0 Å². The van der Waals surface area contributed by atoms with Crippen LogP contribution in [0.1, 0.15) is 55.0 Å². The third kappa shape index (κ3) is 5.50. The van der Waals surface area contributed by atoms with E-state index in [0.29, 0.717) is 17.5 Å². The van der Waals surface area contributed by atoms with Gasteiger partial charge in [0, 0.05) is 34.5 Å². The first kappa shape index (κ1) is 24.0. The largest absolute Gasteiger partial charge is 0.326 e. The lowest BCUT2D eigenvalue weighted by Crippen LogP contribution is -2.41. The number of thiophene rings is 1. The maximum Gasteiger partial charge on any atom is 0.251 e. The van der Waals surface area contributed by atoms with Crippen LogP contribution in [0.25, 0.3) is 11.3 Å². The van der Waals surface area contributed by atoms with Gasteiger partial charge in [0.25, 0.3) is 5.91 Å². The van der Waals surface area contributed by atoms with E-state index in [1.165, 1.54) is 60.4 Å². The predicted molar refractivity (Wildman–Crippen MR) is 140 cm³/mol. The number of imide groups is 1. The highest BCUT2D eigenvalue weighted by Gasteiger charge is 2.44. The summed E-state index contributed by atoms with van der Waals surface area (Å²) in [7, 11) is 0. The molecule has 0 radical (unpaired) electrons. The Morgan fingerprint density at radius 1 is 1.14 bits per heavy atom. The van der Waals surface area contributed by atoms with E-state index in [9.17, 15) is 14.4 Å². The number of likely N-dealkylation sites (tertiary alicyclic amines) is 1. The molecule has 192 valence electrons. The molecule has 9 nitrogen and oxygen atoms in total. The van der Waals surface area contributed by atoms with E-state index in [1.54, 1.807) is 6.20 Å². The van der Waals surface area contributed by atoms with Gasteiger partial charge in [-0.05, 0) is 74.4 Å². The van der Waals surface area contributed by atoms with Crippen LogP contribution in [0.3, 0.4) is 0 Å². The summed E-state index contributed by atoms with van der Waals surface area (Å²) in [4.78, 5) is 39.6. The molecule has 3 aromatic rings. The average molecular weight is 519 g/mol. The van der Waals surface area contributed by atoms with Gasteiger partial charge in [-0.25, -0.2) is 4.68 Å². The van der Waals surface area contributed by atoms with Gasteiger partial charge in [-0.2, -0.15) is 0 Å². The lowest BCUT2D eigenvalue weighted by Gasteiger charge is -2.32. The van der Waals surface area contributed by atoms with Gasteiger partial charge in [0.1, 0.15) is 11.7 Å². The summed E-state index contributed by atoms with van der Waals surface area (Å²) in [6.45, 7) is 3.35. The van der Waals surface area contributed by atoms with E-state index in [-0.39, 0.29) is 30.6 Å². The number of hydrogen-bond donors (Lipinski definition) is 2. The second-order valence-corrected chi connectivity index (χ2v) is 11.5. The van der Waals surface area contributed by atoms with E-state index in [1.807, 2.05) is 23.6 Å². The van der Waals surface area contributed by atoms with Crippen LogP contribution in [0.5, 0.6) is 0 Å². The van der Waals surface area contributed by atoms with Gasteiger partial charge in [0.05, 0.1) is 12.6 Å². The number of anilines is 1. The quantitative estimate of drug-likeness (QED) is 0.463. The van der Waals surface area contributed by atoms with E-state index < -0.39 is 6.04 Å². The normalized spacial score (nSPS) is 21.1. The Hall–Kier alpha value is -3.37. The summed E-state index contributed by atoms with van der Waals surface area (Å²) >= 11 is 1.49. The lowest BCUT2D eigenvalue weighted by atomic mass is 9.93. The summed E-state index contributed by atoms with van der Waals surface area (Å²) in [5.74, 6) is -0.692. The molecule has 1 saturated carbocycles. The topological polar surface area (TPSA) is 109 Å². The van der Waals surface area contributed by atoms with Crippen molar-refractivity contribution in [2.45, 2.75) is 57.5 Å².